The monoisotopic (exact) mass is 689 g/mol. The van der Waals surface area contributed by atoms with Gasteiger partial charge in [-0.1, -0.05) is 107 Å². The molecule has 4 rings (SSSR count). The Labute approximate surface area is 275 Å². The third-order valence-electron chi connectivity index (χ3n) is 7.58. The summed E-state index contributed by atoms with van der Waals surface area (Å²) in [6, 6.07) is 29.8. The van der Waals surface area contributed by atoms with Crippen molar-refractivity contribution >= 4 is 43.5 Å². The number of benzene rings is 4. The predicted molar refractivity (Wildman–Crippen MR) is 183 cm³/mol. The van der Waals surface area contributed by atoms with Gasteiger partial charge >= 0.3 is 0 Å². The van der Waals surface area contributed by atoms with Crippen LogP contribution in [0, 0.1) is 13.8 Å². The van der Waals surface area contributed by atoms with Crippen LogP contribution in [0.3, 0.4) is 0 Å². The van der Waals surface area contributed by atoms with Crippen LogP contribution in [0.1, 0.15) is 42.0 Å². The van der Waals surface area contributed by atoms with Crippen LogP contribution in [0.5, 0.6) is 0 Å². The highest BCUT2D eigenvalue weighted by molar-refractivity contribution is 9.10. The quantitative estimate of drug-likeness (QED) is 0.147. The normalized spacial score (nSPS) is 11.9. The molecule has 9 heteroatoms. The molecular formula is C36H40BrN3O4S. The first kappa shape index (κ1) is 33.9. The van der Waals surface area contributed by atoms with Gasteiger partial charge < -0.3 is 10.2 Å². The van der Waals surface area contributed by atoms with E-state index in [1.54, 1.807) is 48.5 Å². The lowest BCUT2D eigenvalue weighted by molar-refractivity contribution is -0.140. The van der Waals surface area contributed by atoms with E-state index in [0.29, 0.717) is 12.2 Å². The predicted octanol–water partition coefficient (Wildman–Crippen LogP) is 6.82. The van der Waals surface area contributed by atoms with Crippen LogP contribution in [0.4, 0.5) is 5.69 Å². The number of anilines is 1. The molecule has 0 unspecified atom stereocenters. The van der Waals surface area contributed by atoms with Gasteiger partial charge in [-0.2, -0.15) is 0 Å². The molecule has 45 heavy (non-hydrogen) atoms. The van der Waals surface area contributed by atoms with Crippen molar-refractivity contribution in [3.63, 3.8) is 0 Å². The number of carbonyl (C=O) groups is 2. The molecule has 0 aliphatic rings. The van der Waals surface area contributed by atoms with Gasteiger partial charge in [0, 0.05) is 24.0 Å². The lowest BCUT2D eigenvalue weighted by Crippen LogP contribution is -2.53. The van der Waals surface area contributed by atoms with Gasteiger partial charge in [0.15, 0.2) is 0 Å². The van der Waals surface area contributed by atoms with E-state index in [2.05, 4.69) is 21.2 Å². The van der Waals surface area contributed by atoms with Gasteiger partial charge in [-0.3, -0.25) is 13.9 Å². The maximum Gasteiger partial charge on any atom is 0.264 e. The summed E-state index contributed by atoms with van der Waals surface area (Å²) in [6.07, 6.45) is 2.00. The molecule has 0 saturated heterocycles. The first-order chi connectivity index (χ1) is 21.6. The zero-order valence-electron chi connectivity index (χ0n) is 25.9. The van der Waals surface area contributed by atoms with Gasteiger partial charge in [-0.05, 0) is 67.8 Å². The molecule has 4 aromatic carbocycles. The minimum atomic E-state index is -4.14. The molecular weight excluding hydrogens is 650 g/mol. The zero-order valence-corrected chi connectivity index (χ0v) is 28.4. The van der Waals surface area contributed by atoms with Gasteiger partial charge in [0.2, 0.25) is 11.8 Å². The van der Waals surface area contributed by atoms with Crippen LogP contribution >= 0.6 is 15.9 Å². The van der Waals surface area contributed by atoms with Gasteiger partial charge in [-0.25, -0.2) is 8.42 Å². The fraction of sp³-hybridized carbons (Fsp3) is 0.278. The van der Waals surface area contributed by atoms with E-state index in [1.165, 1.54) is 4.90 Å². The molecule has 7 nitrogen and oxygen atoms in total. The van der Waals surface area contributed by atoms with E-state index in [4.69, 9.17) is 0 Å². The van der Waals surface area contributed by atoms with Gasteiger partial charge in [0.25, 0.3) is 10.0 Å². The molecule has 0 aliphatic carbocycles. The van der Waals surface area contributed by atoms with Crippen molar-refractivity contribution in [1.29, 1.82) is 0 Å². The average molecular weight is 691 g/mol. The smallest absolute Gasteiger partial charge is 0.264 e. The number of carbonyl (C=O) groups excluding carboxylic acids is 2. The molecule has 0 fully saturated rings. The summed E-state index contributed by atoms with van der Waals surface area (Å²) < 4.78 is 30.1. The molecule has 0 spiro atoms. The molecule has 0 radical (unpaired) electrons. The van der Waals surface area contributed by atoms with E-state index in [1.807, 2.05) is 75.4 Å². The number of amides is 2. The molecule has 0 aromatic heterocycles. The maximum absolute atomic E-state index is 14.5. The minimum Gasteiger partial charge on any atom is -0.354 e. The average Bonchev–Trinajstić information content (AvgIpc) is 3.03. The number of unbranched alkanes of at least 4 members (excludes halogenated alkanes) is 1. The highest BCUT2D eigenvalue weighted by atomic mass is 79.9. The third-order valence-corrected chi connectivity index (χ3v) is 9.89. The SMILES string of the molecule is CCCCNC(=O)[C@H](Cc1ccccc1)N(Cc1ccc(C)cc1)C(=O)CN(c1ccc(Br)cc1)S(=O)(=O)c1ccc(C)cc1. The molecule has 0 saturated carbocycles. The minimum absolute atomic E-state index is 0.0760. The number of sulfonamides is 1. The first-order valence-electron chi connectivity index (χ1n) is 15.1. The second-order valence-corrected chi connectivity index (χ2v) is 13.9. The second-order valence-electron chi connectivity index (χ2n) is 11.2. The molecule has 4 aromatic rings. The number of aryl methyl sites for hydroxylation is 2. The number of nitrogens with one attached hydrogen (secondary N) is 1. The number of hydrogen-bond acceptors (Lipinski definition) is 4. The fourth-order valence-electron chi connectivity index (χ4n) is 4.92. The largest absolute Gasteiger partial charge is 0.354 e. The van der Waals surface area contributed by atoms with Crippen LogP contribution in [-0.2, 0) is 32.6 Å². The number of hydrogen-bond donors (Lipinski definition) is 1. The number of nitrogens with zero attached hydrogens (tertiary/aromatic N) is 2. The molecule has 1 atom stereocenters. The van der Waals surface area contributed by atoms with E-state index in [9.17, 15) is 18.0 Å². The summed E-state index contributed by atoms with van der Waals surface area (Å²) in [5, 5.41) is 3.02. The van der Waals surface area contributed by atoms with E-state index < -0.39 is 28.5 Å². The highest BCUT2D eigenvalue weighted by Crippen LogP contribution is 2.27. The summed E-state index contributed by atoms with van der Waals surface area (Å²) in [5.41, 5.74) is 4.06. The fourth-order valence-corrected chi connectivity index (χ4v) is 6.60. The Bertz CT molecular complexity index is 1660. The van der Waals surface area contributed by atoms with E-state index in [-0.39, 0.29) is 23.8 Å². The van der Waals surface area contributed by atoms with Crippen LogP contribution in [0.25, 0.3) is 0 Å². The van der Waals surface area contributed by atoms with Crippen molar-refractivity contribution in [2.45, 2.75) is 57.5 Å². The summed E-state index contributed by atoms with van der Waals surface area (Å²) in [6.45, 7) is 6.05. The topological polar surface area (TPSA) is 86.8 Å². The van der Waals surface area contributed by atoms with Crippen LogP contribution in [0.15, 0.2) is 112 Å². The Balaban J connectivity index is 1.78. The second kappa shape index (κ2) is 15.9. The lowest BCUT2D eigenvalue weighted by atomic mass is 10.0. The van der Waals surface area contributed by atoms with Crippen LogP contribution in [0.2, 0.25) is 0 Å². The molecule has 1 N–H and O–H groups in total. The Kier molecular flexibility index (Phi) is 12.0. The molecule has 0 aliphatic heterocycles. The molecule has 236 valence electrons. The van der Waals surface area contributed by atoms with Crippen molar-refractivity contribution < 1.29 is 18.0 Å². The standard InChI is InChI=1S/C36H40BrN3O4S/c1-4-5-23-38-36(42)34(24-29-9-7-6-8-10-29)39(25-30-15-11-27(2)12-16-30)35(41)26-40(32-19-17-31(37)18-20-32)45(43,44)33-21-13-28(3)14-22-33/h6-22,34H,4-5,23-26H2,1-3H3,(H,38,42)/t34-/m0/s1. The Hall–Kier alpha value is -3.95. The van der Waals surface area contributed by atoms with E-state index >= 15 is 0 Å². The maximum atomic E-state index is 14.5. The van der Waals surface area contributed by atoms with Crippen molar-refractivity contribution in [2.75, 3.05) is 17.4 Å². The summed E-state index contributed by atoms with van der Waals surface area (Å²) in [7, 11) is -4.14. The van der Waals surface area contributed by atoms with Crippen molar-refractivity contribution in [2.24, 2.45) is 0 Å². The van der Waals surface area contributed by atoms with E-state index in [0.717, 1.165) is 43.9 Å². The molecule has 0 bridgehead atoms. The molecule has 0 heterocycles. The van der Waals surface area contributed by atoms with Gasteiger partial charge in [0.05, 0.1) is 10.6 Å². The Morgan fingerprint density at radius 1 is 0.800 bits per heavy atom. The molecule has 2 amide bonds. The summed E-state index contributed by atoms with van der Waals surface area (Å²) >= 11 is 3.42. The van der Waals surface area contributed by atoms with Gasteiger partial charge in [-0.15, -0.1) is 0 Å². The Morgan fingerprint density at radius 2 is 1.40 bits per heavy atom. The first-order valence-corrected chi connectivity index (χ1v) is 17.3. The van der Waals surface area contributed by atoms with Gasteiger partial charge in [0.1, 0.15) is 12.6 Å². The van der Waals surface area contributed by atoms with Crippen LogP contribution < -0.4 is 9.62 Å². The zero-order chi connectivity index (χ0) is 32.4. The highest BCUT2D eigenvalue weighted by Gasteiger charge is 2.34. The lowest BCUT2D eigenvalue weighted by Gasteiger charge is -2.34. The summed E-state index contributed by atoms with van der Waals surface area (Å²) in [5.74, 6) is -0.759. The van der Waals surface area contributed by atoms with Crippen molar-refractivity contribution in [3.05, 3.63) is 130 Å². The third kappa shape index (κ3) is 9.28. The Morgan fingerprint density at radius 3 is 2.00 bits per heavy atom. The van der Waals surface area contributed by atoms with Crippen molar-refractivity contribution in [3.8, 4) is 0 Å². The number of halogens is 1. The van der Waals surface area contributed by atoms with Crippen molar-refractivity contribution in [1.82, 2.24) is 10.2 Å². The van der Waals surface area contributed by atoms with Crippen LogP contribution in [-0.4, -0.2) is 44.3 Å². The summed E-state index contributed by atoms with van der Waals surface area (Å²) in [4.78, 5) is 29.9. The number of rotatable bonds is 14.